The van der Waals surface area contributed by atoms with Crippen molar-refractivity contribution in [3.8, 4) is 0 Å². The van der Waals surface area contributed by atoms with E-state index in [-0.39, 0.29) is 5.78 Å². The van der Waals surface area contributed by atoms with Crippen LogP contribution < -0.4 is 0 Å². The first-order valence-electron chi connectivity index (χ1n) is 3.78. The number of unbranched alkanes of at least 4 members (excludes halogenated alkanes) is 1. The molecule has 0 aromatic rings. The summed E-state index contributed by atoms with van der Waals surface area (Å²) < 4.78 is 0. The third-order valence-electron chi connectivity index (χ3n) is 1.28. The summed E-state index contributed by atoms with van der Waals surface area (Å²) in [6.45, 7) is 2.09. The SMILES string of the molecule is CCCCC(=O)[CH]CCS. The minimum Gasteiger partial charge on any atom is -0.299 e. The lowest BCUT2D eigenvalue weighted by Crippen LogP contribution is -1.98. The van der Waals surface area contributed by atoms with Crippen molar-refractivity contribution in [1.82, 2.24) is 0 Å². The Morgan fingerprint density at radius 3 is 2.80 bits per heavy atom. The van der Waals surface area contributed by atoms with Gasteiger partial charge in [-0.2, -0.15) is 12.6 Å². The van der Waals surface area contributed by atoms with Crippen molar-refractivity contribution in [3.05, 3.63) is 6.42 Å². The van der Waals surface area contributed by atoms with Crippen LogP contribution in [0.4, 0.5) is 0 Å². The van der Waals surface area contributed by atoms with Gasteiger partial charge in [0.15, 0.2) is 0 Å². The van der Waals surface area contributed by atoms with Gasteiger partial charge in [-0.3, -0.25) is 4.79 Å². The molecule has 0 aromatic carbocycles. The number of ketones is 1. The van der Waals surface area contributed by atoms with Crippen molar-refractivity contribution in [2.45, 2.75) is 32.6 Å². The molecule has 1 nitrogen and oxygen atoms in total. The molecule has 0 amide bonds. The van der Waals surface area contributed by atoms with Crippen LogP contribution in [0.15, 0.2) is 0 Å². The Hall–Kier alpha value is 0.0200. The van der Waals surface area contributed by atoms with Crippen LogP contribution >= 0.6 is 12.6 Å². The molecule has 10 heavy (non-hydrogen) atoms. The normalized spacial score (nSPS) is 9.80. The Balaban J connectivity index is 3.09. The molecule has 0 aliphatic rings. The quantitative estimate of drug-likeness (QED) is 0.588. The van der Waals surface area contributed by atoms with Crippen LogP contribution in [-0.4, -0.2) is 11.5 Å². The highest BCUT2D eigenvalue weighted by atomic mass is 32.1. The standard InChI is InChI=1S/C8H15OS/c1-2-3-5-8(9)6-4-7-10/h6,10H,2-5,7H2,1H3. The Labute approximate surface area is 68.6 Å². The summed E-state index contributed by atoms with van der Waals surface area (Å²) in [5, 5.41) is 0. The average Bonchev–Trinajstić information content (AvgIpc) is 1.97. The smallest absolute Gasteiger partial charge is 0.136 e. The summed E-state index contributed by atoms with van der Waals surface area (Å²) in [7, 11) is 0. The van der Waals surface area contributed by atoms with E-state index in [1.54, 1.807) is 6.42 Å². The molecule has 2 heteroatoms. The van der Waals surface area contributed by atoms with Crippen LogP contribution in [-0.2, 0) is 4.79 Å². The summed E-state index contributed by atoms with van der Waals surface area (Å²) in [5.41, 5.74) is 0. The molecule has 0 heterocycles. The molecule has 1 radical (unpaired) electrons. The molecule has 0 N–H and O–H groups in total. The average molecular weight is 159 g/mol. The number of rotatable bonds is 6. The maximum Gasteiger partial charge on any atom is 0.136 e. The van der Waals surface area contributed by atoms with Crippen LogP contribution in [0.1, 0.15) is 32.6 Å². The van der Waals surface area contributed by atoms with Gasteiger partial charge in [0.2, 0.25) is 0 Å². The highest BCUT2D eigenvalue weighted by Crippen LogP contribution is 2.00. The predicted octanol–water partition coefficient (Wildman–Crippen LogP) is 2.27. The zero-order valence-electron chi connectivity index (χ0n) is 6.47. The molecule has 0 atom stereocenters. The second-order valence-electron chi connectivity index (χ2n) is 2.29. The van der Waals surface area contributed by atoms with Gasteiger partial charge in [0, 0.05) is 12.8 Å². The molecule has 0 unspecified atom stereocenters. The summed E-state index contributed by atoms with van der Waals surface area (Å²) in [5.74, 6) is 1.05. The van der Waals surface area contributed by atoms with E-state index in [1.807, 2.05) is 0 Å². The molecule has 0 aliphatic heterocycles. The fraction of sp³-hybridized carbons (Fsp3) is 0.750. The van der Waals surface area contributed by atoms with Gasteiger partial charge in [0.05, 0.1) is 0 Å². The lowest BCUT2D eigenvalue weighted by Gasteiger charge is -1.95. The van der Waals surface area contributed by atoms with Crippen LogP contribution in [0.5, 0.6) is 0 Å². The number of hydrogen-bond acceptors (Lipinski definition) is 2. The fourth-order valence-corrected chi connectivity index (χ4v) is 0.808. The summed E-state index contributed by atoms with van der Waals surface area (Å²) >= 11 is 4.00. The zero-order chi connectivity index (χ0) is 7.82. The van der Waals surface area contributed by atoms with E-state index >= 15 is 0 Å². The predicted molar refractivity (Wildman–Crippen MR) is 47.3 cm³/mol. The van der Waals surface area contributed by atoms with E-state index < -0.39 is 0 Å². The highest BCUT2D eigenvalue weighted by molar-refractivity contribution is 7.80. The minimum absolute atomic E-state index is 0.274. The Morgan fingerprint density at radius 1 is 1.60 bits per heavy atom. The van der Waals surface area contributed by atoms with E-state index in [4.69, 9.17) is 0 Å². The van der Waals surface area contributed by atoms with Gasteiger partial charge >= 0.3 is 0 Å². The molecule has 0 rings (SSSR count). The number of hydrogen-bond donors (Lipinski definition) is 1. The van der Waals surface area contributed by atoms with Crippen molar-refractivity contribution in [1.29, 1.82) is 0 Å². The molecule has 0 saturated carbocycles. The van der Waals surface area contributed by atoms with E-state index in [2.05, 4.69) is 19.6 Å². The third kappa shape index (κ3) is 6.14. The van der Waals surface area contributed by atoms with Gasteiger partial charge in [0.1, 0.15) is 5.78 Å². The minimum atomic E-state index is 0.274. The largest absolute Gasteiger partial charge is 0.299 e. The van der Waals surface area contributed by atoms with Crippen LogP contribution in [0.25, 0.3) is 0 Å². The van der Waals surface area contributed by atoms with Crippen molar-refractivity contribution < 1.29 is 4.79 Å². The Bertz CT molecular complexity index is 81.3. The maximum absolute atomic E-state index is 10.9. The first-order valence-corrected chi connectivity index (χ1v) is 4.41. The second kappa shape index (κ2) is 7.13. The van der Waals surface area contributed by atoms with Crippen molar-refractivity contribution in [2.75, 3.05) is 5.75 Å². The molecular formula is C8H15OS. The van der Waals surface area contributed by atoms with Gasteiger partial charge in [-0.05, 0) is 18.6 Å². The van der Waals surface area contributed by atoms with Gasteiger partial charge in [-0.15, -0.1) is 0 Å². The molecule has 59 valence electrons. The van der Waals surface area contributed by atoms with Gasteiger partial charge in [-0.1, -0.05) is 13.3 Å². The lowest BCUT2D eigenvalue weighted by molar-refractivity contribution is -0.116. The topological polar surface area (TPSA) is 17.1 Å². The number of carbonyl (C=O) groups is 1. The van der Waals surface area contributed by atoms with Gasteiger partial charge < -0.3 is 0 Å². The lowest BCUT2D eigenvalue weighted by atomic mass is 10.1. The van der Waals surface area contributed by atoms with Crippen LogP contribution in [0.2, 0.25) is 0 Å². The van der Waals surface area contributed by atoms with Crippen molar-refractivity contribution in [2.24, 2.45) is 0 Å². The highest BCUT2D eigenvalue weighted by Gasteiger charge is 1.98. The number of Topliss-reactive ketones (excluding diaryl/α,β-unsaturated/α-hetero) is 1. The van der Waals surface area contributed by atoms with E-state index in [0.29, 0.717) is 6.42 Å². The molecule has 0 aromatic heterocycles. The monoisotopic (exact) mass is 159 g/mol. The maximum atomic E-state index is 10.9. The molecule has 0 saturated heterocycles. The van der Waals surface area contributed by atoms with E-state index in [0.717, 1.165) is 25.0 Å². The fourth-order valence-electron chi connectivity index (χ4n) is 0.679. The number of thiol groups is 1. The van der Waals surface area contributed by atoms with Crippen molar-refractivity contribution in [3.63, 3.8) is 0 Å². The summed E-state index contributed by atoms with van der Waals surface area (Å²) in [6, 6.07) is 0. The molecule has 0 bridgehead atoms. The van der Waals surface area contributed by atoms with Gasteiger partial charge in [0.25, 0.3) is 0 Å². The second-order valence-corrected chi connectivity index (χ2v) is 2.73. The first kappa shape index (κ1) is 10.0. The van der Waals surface area contributed by atoms with Crippen LogP contribution in [0.3, 0.4) is 0 Å². The zero-order valence-corrected chi connectivity index (χ0v) is 7.36. The van der Waals surface area contributed by atoms with E-state index in [1.165, 1.54) is 0 Å². The Kier molecular flexibility index (Phi) is 7.15. The van der Waals surface area contributed by atoms with Crippen molar-refractivity contribution >= 4 is 18.4 Å². The number of carbonyl (C=O) groups excluding carboxylic acids is 1. The summed E-state index contributed by atoms with van der Waals surface area (Å²) in [6.07, 6.45) is 5.38. The first-order chi connectivity index (χ1) is 4.81. The molecular weight excluding hydrogens is 144 g/mol. The molecule has 0 fully saturated rings. The van der Waals surface area contributed by atoms with Crippen LogP contribution in [0, 0.1) is 6.42 Å². The molecule has 0 spiro atoms. The van der Waals surface area contributed by atoms with E-state index in [9.17, 15) is 4.79 Å². The Morgan fingerprint density at radius 2 is 2.30 bits per heavy atom. The van der Waals surface area contributed by atoms with Gasteiger partial charge in [-0.25, -0.2) is 0 Å². The third-order valence-corrected chi connectivity index (χ3v) is 1.54. The molecule has 0 aliphatic carbocycles. The summed E-state index contributed by atoms with van der Waals surface area (Å²) in [4.78, 5) is 10.9.